The van der Waals surface area contributed by atoms with Gasteiger partial charge in [0, 0.05) is 4.90 Å². The molecule has 0 aromatic heterocycles. The fourth-order valence-corrected chi connectivity index (χ4v) is 3.12. The van der Waals surface area contributed by atoms with Crippen LogP contribution in [0.3, 0.4) is 0 Å². The van der Waals surface area contributed by atoms with Crippen LogP contribution in [-0.4, -0.2) is 62.5 Å². The highest BCUT2D eigenvalue weighted by molar-refractivity contribution is 7.98. The fraction of sp³-hybridized carbons (Fsp3) is 0.500. The lowest BCUT2D eigenvalue weighted by molar-refractivity contribution is -0.895. The van der Waals surface area contributed by atoms with E-state index in [9.17, 15) is 9.59 Å². The lowest BCUT2D eigenvalue weighted by Gasteiger charge is -2.31. The second kappa shape index (κ2) is 8.79. The zero-order valence-electron chi connectivity index (χ0n) is 13.6. The van der Waals surface area contributed by atoms with Gasteiger partial charge in [-0.2, -0.15) is 0 Å². The number of benzene rings is 1. The van der Waals surface area contributed by atoms with Crippen LogP contribution in [0.1, 0.15) is 6.92 Å². The van der Waals surface area contributed by atoms with Crippen molar-refractivity contribution >= 4 is 29.4 Å². The van der Waals surface area contributed by atoms with Crippen LogP contribution in [0.4, 0.5) is 10.5 Å². The van der Waals surface area contributed by atoms with Crippen LogP contribution in [0, 0.1) is 0 Å². The number of para-hydroxylation sites is 1. The van der Waals surface area contributed by atoms with Crippen molar-refractivity contribution < 1.29 is 19.2 Å². The quantitative estimate of drug-likeness (QED) is 0.776. The summed E-state index contributed by atoms with van der Waals surface area (Å²) in [5, 5.41) is 2.98. The second-order valence-corrected chi connectivity index (χ2v) is 6.21. The molecule has 0 atom stereocenters. The Balaban J connectivity index is 1.80. The van der Waals surface area contributed by atoms with Gasteiger partial charge < -0.3 is 15.0 Å². The molecule has 126 valence electrons. The zero-order valence-corrected chi connectivity index (χ0v) is 14.4. The van der Waals surface area contributed by atoms with Gasteiger partial charge in [0.15, 0.2) is 6.54 Å². The Morgan fingerprint density at radius 2 is 2.00 bits per heavy atom. The van der Waals surface area contributed by atoms with E-state index in [1.807, 2.05) is 30.5 Å². The van der Waals surface area contributed by atoms with E-state index in [-0.39, 0.29) is 12.0 Å². The lowest BCUT2D eigenvalue weighted by atomic mass is 10.3. The van der Waals surface area contributed by atoms with Crippen LogP contribution in [0.25, 0.3) is 0 Å². The Kier molecular flexibility index (Phi) is 6.73. The number of piperazine rings is 1. The number of rotatable bonds is 5. The van der Waals surface area contributed by atoms with E-state index < -0.39 is 0 Å². The number of ether oxygens (including phenoxy) is 1. The molecule has 23 heavy (non-hydrogen) atoms. The van der Waals surface area contributed by atoms with Gasteiger partial charge in [-0.1, -0.05) is 12.1 Å². The van der Waals surface area contributed by atoms with Gasteiger partial charge in [0.2, 0.25) is 0 Å². The first-order valence-electron chi connectivity index (χ1n) is 7.82. The molecule has 2 amide bonds. The van der Waals surface area contributed by atoms with Gasteiger partial charge in [-0.05, 0) is 25.3 Å². The topological polar surface area (TPSA) is 63.1 Å². The number of quaternary nitrogens is 1. The van der Waals surface area contributed by atoms with Crippen molar-refractivity contribution in [1.82, 2.24) is 4.90 Å². The van der Waals surface area contributed by atoms with Crippen molar-refractivity contribution in [2.45, 2.75) is 11.8 Å². The van der Waals surface area contributed by atoms with Gasteiger partial charge in [0.1, 0.15) is 0 Å². The number of carbonyl (C=O) groups excluding carboxylic acids is 2. The summed E-state index contributed by atoms with van der Waals surface area (Å²) in [6, 6.07) is 7.78. The largest absolute Gasteiger partial charge is 0.450 e. The highest BCUT2D eigenvalue weighted by Crippen LogP contribution is 2.24. The SMILES string of the molecule is CCOC(=O)N1CC[NH+](CC(=O)Nc2ccccc2SC)CC1. The number of carbonyl (C=O) groups is 2. The summed E-state index contributed by atoms with van der Waals surface area (Å²) < 4.78 is 5.00. The number of nitrogens with zero attached hydrogens (tertiary/aromatic N) is 1. The molecule has 0 radical (unpaired) electrons. The number of thioether (sulfide) groups is 1. The van der Waals surface area contributed by atoms with Gasteiger partial charge in [0.05, 0.1) is 38.5 Å². The van der Waals surface area contributed by atoms with Crippen LogP contribution in [0.5, 0.6) is 0 Å². The van der Waals surface area contributed by atoms with Crippen LogP contribution in [0.15, 0.2) is 29.2 Å². The minimum Gasteiger partial charge on any atom is -0.450 e. The monoisotopic (exact) mass is 338 g/mol. The summed E-state index contributed by atoms with van der Waals surface area (Å²) in [5.74, 6) is 0.00563. The molecule has 1 aromatic rings. The van der Waals surface area contributed by atoms with E-state index in [1.54, 1.807) is 23.6 Å². The number of anilines is 1. The molecule has 1 fully saturated rings. The van der Waals surface area contributed by atoms with Crippen LogP contribution in [-0.2, 0) is 9.53 Å². The van der Waals surface area contributed by atoms with Crippen LogP contribution >= 0.6 is 11.8 Å². The maximum absolute atomic E-state index is 12.2. The maximum Gasteiger partial charge on any atom is 0.410 e. The molecule has 1 aliphatic heterocycles. The predicted molar refractivity (Wildman–Crippen MR) is 91.0 cm³/mol. The molecule has 1 heterocycles. The summed E-state index contributed by atoms with van der Waals surface area (Å²) in [5.41, 5.74) is 0.856. The molecule has 1 aromatic carbocycles. The van der Waals surface area contributed by atoms with E-state index in [0.717, 1.165) is 23.7 Å². The maximum atomic E-state index is 12.2. The van der Waals surface area contributed by atoms with E-state index in [0.29, 0.717) is 26.2 Å². The molecule has 6 nitrogen and oxygen atoms in total. The average molecular weight is 338 g/mol. The highest BCUT2D eigenvalue weighted by atomic mass is 32.2. The summed E-state index contributed by atoms with van der Waals surface area (Å²) in [6.45, 7) is 5.39. The standard InChI is InChI=1S/C16H23N3O3S/c1-3-22-16(21)19-10-8-18(9-11-19)12-15(20)17-13-6-4-5-7-14(13)23-2/h4-7H,3,8-12H2,1-2H3,(H,17,20)/p+1. The molecule has 2 N–H and O–H groups in total. The third-order valence-electron chi connectivity index (χ3n) is 3.79. The average Bonchev–Trinajstić information content (AvgIpc) is 2.56. The third-order valence-corrected chi connectivity index (χ3v) is 4.58. The van der Waals surface area contributed by atoms with Gasteiger partial charge in [-0.3, -0.25) is 9.69 Å². The highest BCUT2D eigenvalue weighted by Gasteiger charge is 2.25. The molecule has 7 heteroatoms. The Morgan fingerprint density at radius 3 is 2.65 bits per heavy atom. The van der Waals surface area contributed by atoms with Crippen LogP contribution < -0.4 is 10.2 Å². The van der Waals surface area contributed by atoms with Crippen molar-refractivity contribution in [2.75, 3.05) is 50.9 Å². The Labute approximate surface area is 141 Å². The molecular weight excluding hydrogens is 314 g/mol. The second-order valence-electron chi connectivity index (χ2n) is 5.36. The molecule has 0 spiro atoms. The smallest absolute Gasteiger partial charge is 0.410 e. The number of hydrogen-bond acceptors (Lipinski definition) is 4. The Bertz CT molecular complexity index is 545. The summed E-state index contributed by atoms with van der Waals surface area (Å²) in [7, 11) is 0. The molecule has 1 aliphatic rings. The van der Waals surface area contributed by atoms with Crippen molar-refractivity contribution in [3.05, 3.63) is 24.3 Å². The van der Waals surface area contributed by atoms with Gasteiger partial charge in [0.25, 0.3) is 5.91 Å². The Morgan fingerprint density at radius 1 is 1.30 bits per heavy atom. The van der Waals surface area contributed by atoms with Gasteiger partial charge in [-0.25, -0.2) is 4.79 Å². The predicted octanol–water partition coefficient (Wildman–Crippen LogP) is 0.704. The van der Waals surface area contributed by atoms with E-state index in [1.165, 1.54) is 4.90 Å². The molecule has 0 saturated carbocycles. The zero-order chi connectivity index (χ0) is 16.7. The van der Waals surface area contributed by atoms with E-state index in [4.69, 9.17) is 4.74 Å². The Hall–Kier alpha value is -1.73. The molecule has 0 bridgehead atoms. The molecule has 2 rings (SSSR count). The summed E-state index contributed by atoms with van der Waals surface area (Å²) in [6.07, 6.45) is 1.73. The van der Waals surface area contributed by atoms with E-state index in [2.05, 4.69) is 5.32 Å². The first-order chi connectivity index (χ1) is 11.1. The molecule has 0 unspecified atom stereocenters. The van der Waals surface area contributed by atoms with E-state index >= 15 is 0 Å². The first kappa shape index (κ1) is 17.6. The number of amides is 2. The van der Waals surface area contributed by atoms with Crippen LogP contribution in [0.2, 0.25) is 0 Å². The summed E-state index contributed by atoms with van der Waals surface area (Å²) in [4.78, 5) is 27.8. The molecule has 0 aliphatic carbocycles. The van der Waals surface area contributed by atoms with Crippen molar-refractivity contribution in [3.63, 3.8) is 0 Å². The normalized spacial score (nSPS) is 15.3. The molecule has 1 saturated heterocycles. The lowest BCUT2D eigenvalue weighted by Crippen LogP contribution is -3.15. The number of nitrogens with one attached hydrogen (secondary N) is 2. The fourth-order valence-electron chi connectivity index (χ4n) is 2.57. The van der Waals surface area contributed by atoms with Crippen molar-refractivity contribution in [3.8, 4) is 0 Å². The van der Waals surface area contributed by atoms with Crippen molar-refractivity contribution in [1.29, 1.82) is 0 Å². The minimum atomic E-state index is -0.259. The number of hydrogen-bond donors (Lipinski definition) is 2. The molecular formula is C16H24N3O3S+. The minimum absolute atomic E-state index is 0.00563. The van der Waals surface area contributed by atoms with Gasteiger partial charge in [-0.15, -0.1) is 11.8 Å². The first-order valence-corrected chi connectivity index (χ1v) is 9.04. The van der Waals surface area contributed by atoms with Gasteiger partial charge >= 0.3 is 6.09 Å². The van der Waals surface area contributed by atoms with Crippen molar-refractivity contribution in [2.24, 2.45) is 0 Å². The third kappa shape index (κ3) is 5.14. The summed E-state index contributed by atoms with van der Waals surface area (Å²) >= 11 is 1.61.